The maximum absolute atomic E-state index is 7.03. The van der Waals surface area contributed by atoms with Gasteiger partial charge < -0.3 is 13.3 Å². The zero-order valence-corrected chi connectivity index (χ0v) is 79.4. The highest BCUT2D eigenvalue weighted by atomic mass is 16.3. The van der Waals surface area contributed by atoms with Crippen LogP contribution in [0.2, 0.25) is 0 Å². The third kappa shape index (κ3) is 14.9. The Morgan fingerprint density at radius 3 is 0.687 bits per heavy atom. The molecule has 0 spiro atoms. The zero-order valence-electron chi connectivity index (χ0n) is 79.4. The summed E-state index contributed by atoms with van der Waals surface area (Å²) in [6, 6.07) is 168. The van der Waals surface area contributed by atoms with Gasteiger partial charge in [0.15, 0.2) is 0 Å². The van der Waals surface area contributed by atoms with Gasteiger partial charge >= 0.3 is 0 Å². The minimum atomic E-state index is 0.884. The number of hydrogen-bond donors (Lipinski definition) is 0. The SMILES string of the molecule is c1ccc(-c2cc(-c3ccccc3)c3oc4c(-c5ccccc5)cc(-c5ccccc5-c5ccc6c(c5)c5ccccc5c5nccnc65)cc4c3c2)cc1.c1ccc(-c2ccc3oc4ccc(-c5ccccc5-c5ccc6c(c5)c5ccccc5c5nccnc65)cc4c3c2)cc1.c1ccc(-c2cccc3c2oc2c(-c4ccccc4)cc(-c4ccccc4-c4ccc5c(c4)c4ccccc4c4nccnc54)cc23)cc1. The Bertz CT molecular complexity index is 10400. The van der Waals surface area contributed by atoms with Gasteiger partial charge in [0.1, 0.15) is 33.5 Å². The van der Waals surface area contributed by atoms with Gasteiger partial charge in [-0.3, -0.25) is 29.9 Å². The summed E-state index contributed by atoms with van der Waals surface area (Å²) in [5.41, 5.74) is 38.4. The molecule has 0 bridgehead atoms. The number of nitrogens with zero attached hydrogens (tertiary/aromatic N) is 6. The second kappa shape index (κ2) is 35.8. The molecule has 147 heavy (non-hydrogen) atoms. The van der Waals surface area contributed by atoms with Crippen molar-refractivity contribution in [1.29, 1.82) is 0 Å². The van der Waals surface area contributed by atoms with E-state index in [1.54, 1.807) is 37.2 Å². The number of hydrogen-bond acceptors (Lipinski definition) is 9. The predicted octanol–water partition coefficient (Wildman–Crippen LogP) is 37.5. The number of benzene rings is 24. The Hall–Kier alpha value is -19.7. The fraction of sp³-hybridized carbons (Fsp3) is 0. The van der Waals surface area contributed by atoms with Gasteiger partial charge in [0.25, 0.3) is 0 Å². The fourth-order valence-electron chi connectivity index (χ4n) is 22.4. The molecular formula is C138H84N6O3. The van der Waals surface area contributed by atoms with Gasteiger partial charge in [-0.05, 0) is 222 Å². The van der Waals surface area contributed by atoms with Crippen molar-refractivity contribution >= 4 is 164 Å². The molecule has 24 aromatic carbocycles. The third-order valence-electron chi connectivity index (χ3n) is 29.3. The van der Waals surface area contributed by atoms with E-state index in [0.29, 0.717) is 0 Å². The van der Waals surface area contributed by atoms with Crippen LogP contribution in [0.4, 0.5) is 0 Å². The molecule has 0 N–H and O–H groups in total. The van der Waals surface area contributed by atoms with E-state index in [0.717, 1.165) is 220 Å². The number of rotatable bonds is 12. The maximum Gasteiger partial charge on any atom is 0.143 e. The summed E-state index contributed by atoms with van der Waals surface area (Å²) in [7, 11) is 0. The monoisotopic (exact) mass is 1870 g/mol. The first-order chi connectivity index (χ1) is 72.9. The van der Waals surface area contributed by atoms with Crippen LogP contribution in [0.25, 0.3) is 297 Å². The topological polar surface area (TPSA) is 117 Å². The van der Waals surface area contributed by atoms with Crippen LogP contribution in [0.3, 0.4) is 0 Å². The van der Waals surface area contributed by atoms with Crippen LogP contribution in [0.1, 0.15) is 0 Å². The molecule has 0 atom stereocenters. The molecule has 0 unspecified atom stereocenters. The second-order valence-electron chi connectivity index (χ2n) is 37.6. The Balaban J connectivity index is 0.000000107. The van der Waals surface area contributed by atoms with E-state index in [2.05, 4.69) is 466 Å². The van der Waals surface area contributed by atoms with Crippen molar-refractivity contribution in [2.45, 2.75) is 0 Å². The van der Waals surface area contributed by atoms with Gasteiger partial charge in [0.05, 0.1) is 33.1 Å². The zero-order chi connectivity index (χ0) is 96.9. The summed E-state index contributed by atoms with van der Waals surface area (Å²) in [6.07, 6.45) is 10.7. The molecule has 6 heterocycles. The molecule has 0 aliphatic heterocycles. The maximum atomic E-state index is 7.03. The molecular weight excluding hydrogens is 1790 g/mol. The summed E-state index contributed by atoms with van der Waals surface area (Å²) in [5.74, 6) is 0. The normalized spacial score (nSPS) is 11.7. The highest BCUT2D eigenvalue weighted by Gasteiger charge is 2.26. The van der Waals surface area contributed by atoms with Crippen molar-refractivity contribution in [3.05, 3.63) is 510 Å². The molecule has 6 aromatic heterocycles. The highest BCUT2D eigenvalue weighted by molar-refractivity contribution is 6.28. The van der Waals surface area contributed by atoms with Crippen molar-refractivity contribution < 1.29 is 13.3 Å². The van der Waals surface area contributed by atoms with Crippen molar-refractivity contribution in [2.24, 2.45) is 0 Å². The molecule has 9 heteroatoms. The van der Waals surface area contributed by atoms with Crippen LogP contribution in [-0.4, -0.2) is 29.9 Å². The van der Waals surface area contributed by atoms with Crippen LogP contribution in [0.15, 0.2) is 524 Å². The quantitative estimate of drug-likeness (QED) is 0.110. The van der Waals surface area contributed by atoms with E-state index in [-0.39, 0.29) is 0 Å². The molecule has 0 radical (unpaired) electrons. The van der Waals surface area contributed by atoms with E-state index < -0.39 is 0 Å². The molecule has 684 valence electrons. The van der Waals surface area contributed by atoms with E-state index in [1.807, 2.05) is 12.1 Å². The van der Waals surface area contributed by atoms with E-state index in [1.165, 1.54) is 76.8 Å². The average molecular weight is 1870 g/mol. The number of para-hydroxylation sites is 1. The molecule has 0 amide bonds. The first kappa shape index (κ1) is 85.3. The highest BCUT2D eigenvalue weighted by Crippen LogP contribution is 2.51. The minimum absolute atomic E-state index is 0.884. The summed E-state index contributed by atoms with van der Waals surface area (Å²) < 4.78 is 20.1. The standard InChI is InChI=1S/C52H32N2O.C46H28N2O.C40H24N2O/c1-4-14-33(15-5-1)37-29-44(34-16-6-2-7-17-34)51-47(30-37)48-32-38(31-45(52(48)55-51)35-18-8-3-9-19-35)40-21-11-10-20-39(40)36-24-25-43-46(28-36)41-22-12-13-23-42(41)49-50(43)54-27-26-53-49;1-3-12-29(13-4-1)35-20-11-21-39-42-28-32(27-40(46(42)49-45(35)39)30-14-5-2-6-15-30)34-17-8-7-16-33(34)31-22-23-38-41(26-31)36-18-9-10-19-37(36)43-44(38)48-25-24-47-43;1-2-8-25(9-3-1)26-15-18-37-35(22-26)36-24-28(16-19-38(36)43-37)30-11-5-4-10-29(30)27-14-17-33-34(23-27)31-12-6-7-13-32(31)39-40(33)42-21-20-41-39/h1-32H;1-28H;1-24H. The van der Waals surface area contributed by atoms with Gasteiger partial charge in [-0.15, -0.1) is 0 Å². The second-order valence-corrected chi connectivity index (χ2v) is 37.6. The Morgan fingerprint density at radius 2 is 0.333 bits per heavy atom. The third-order valence-corrected chi connectivity index (χ3v) is 29.3. The summed E-state index contributed by atoms with van der Waals surface area (Å²) in [5, 5.41) is 20.4. The van der Waals surface area contributed by atoms with Crippen LogP contribution in [-0.2, 0) is 0 Å². The van der Waals surface area contributed by atoms with Crippen molar-refractivity contribution in [3.8, 4) is 134 Å². The number of aromatic nitrogens is 6. The summed E-state index contributed by atoms with van der Waals surface area (Å²) >= 11 is 0. The van der Waals surface area contributed by atoms with Gasteiger partial charge in [0.2, 0.25) is 0 Å². The first-order valence-electron chi connectivity index (χ1n) is 49.7. The van der Waals surface area contributed by atoms with Crippen LogP contribution in [0.5, 0.6) is 0 Å². The minimum Gasteiger partial charge on any atom is -0.456 e. The Kier molecular flexibility index (Phi) is 20.8. The Labute approximate surface area is 844 Å². The Morgan fingerprint density at radius 1 is 0.109 bits per heavy atom. The van der Waals surface area contributed by atoms with Crippen LogP contribution in [0, 0.1) is 0 Å². The summed E-state index contributed by atoms with van der Waals surface area (Å²) in [4.78, 5) is 28.4. The molecule has 0 aliphatic rings. The van der Waals surface area contributed by atoms with Gasteiger partial charge in [-0.1, -0.05) is 394 Å². The van der Waals surface area contributed by atoms with Gasteiger partial charge in [-0.2, -0.15) is 0 Å². The summed E-state index contributed by atoms with van der Waals surface area (Å²) in [6.45, 7) is 0. The molecule has 30 rings (SSSR count). The average Bonchev–Trinajstić information content (AvgIpc) is 1.60. The van der Waals surface area contributed by atoms with Gasteiger partial charge in [-0.25, -0.2) is 0 Å². The lowest BCUT2D eigenvalue weighted by Crippen LogP contribution is -1.90. The van der Waals surface area contributed by atoms with Crippen LogP contribution >= 0.6 is 0 Å². The van der Waals surface area contributed by atoms with E-state index in [9.17, 15) is 0 Å². The van der Waals surface area contributed by atoms with E-state index >= 15 is 0 Å². The molecule has 9 nitrogen and oxygen atoms in total. The lowest BCUT2D eigenvalue weighted by atomic mass is 9.89. The molecule has 0 fully saturated rings. The molecule has 0 aliphatic carbocycles. The van der Waals surface area contributed by atoms with Crippen LogP contribution < -0.4 is 0 Å². The molecule has 30 aromatic rings. The predicted molar refractivity (Wildman–Crippen MR) is 611 cm³/mol. The number of fused-ring (bicyclic) bond motifs is 27. The number of furan rings is 3. The van der Waals surface area contributed by atoms with E-state index in [4.69, 9.17) is 38.2 Å². The van der Waals surface area contributed by atoms with Crippen molar-refractivity contribution in [2.75, 3.05) is 0 Å². The molecule has 0 saturated carbocycles. The lowest BCUT2D eigenvalue weighted by molar-refractivity contribution is 0.669. The largest absolute Gasteiger partial charge is 0.456 e. The smallest absolute Gasteiger partial charge is 0.143 e. The van der Waals surface area contributed by atoms with Crippen molar-refractivity contribution in [1.82, 2.24) is 29.9 Å². The molecule has 0 saturated heterocycles. The lowest BCUT2D eigenvalue weighted by Gasteiger charge is -2.14. The van der Waals surface area contributed by atoms with Gasteiger partial charge in [0, 0.05) is 124 Å². The first-order valence-corrected chi connectivity index (χ1v) is 49.7. The van der Waals surface area contributed by atoms with Crippen molar-refractivity contribution in [3.63, 3.8) is 0 Å². The fourth-order valence-corrected chi connectivity index (χ4v) is 22.4.